The molecule has 1 aromatic heterocycles. The zero-order valence-electron chi connectivity index (χ0n) is 10.3. The van der Waals surface area contributed by atoms with Crippen molar-refractivity contribution in [3.05, 3.63) is 21.0 Å². The van der Waals surface area contributed by atoms with Crippen LogP contribution < -0.4 is 10.9 Å². The molecule has 6 nitrogen and oxygen atoms in total. The lowest BCUT2D eigenvalue weighted by Gasteiger charge is -2.09. The van der Waals surface area contributed by atoms with Crippen molar-refractivity contribution in [3.8, 4) is 0 Å². The van der Waals surface area contributed by atoms with Gasteiger partial charge in [-0.15, -0.1) is 0 Å². The largest absolute Gasteiger partial charge is 0.383 e. The molecule has 1 heterocycles. The normalized spacial score (nSPS) is 12.4. The summed E-state index contributed by atoms with van der Waals surface area (Å²) in [5.74, 6) is 0.527. The third-order valence-electron chi connectivity index (χ3n) is 2.20. The fourth-order valence-electron chi connectivity index (χ4n) is 1.25. The molecule has 0 radical (unpaired) electrons. The molecule has 0 fully saturated rings. The van der Waals surface area contributed by atoms with Crippen LogP contribution in [0.1, 0.15) is 0 Å². The predicted octanol–water partition coefficient (Wildman–Crippen LogP) is 0.443. The van der Waals surface area contributed by atoms with Gasteiger partial charge in [-0.3, -0.25) is 9.00 Å². The molecule has 1 rings (SSSR count). The summed E-state index contributed by atoms with van der Waals surface area (Å²) in [5.41, 5.74) is 0.397. The van der Waals surface area contributed by atoms with Crippen LogP contribution in [0.5, 0.6) is 0 Å². The van der Waals surface area contributed by atoms with E-state index in [4.69, 9.17) is 4.74 Å². The van der Waals surface area contributed by atoms with Crippen LogP contribution in [0.3, 0.4) is 0 Å². The maximum absolute atomic E-state index is 11.9. The van der Waals surface area contributed by atoms with E-state index in [0.717, 1.165) is 0 Å². The van der Waals surface area contributed by atoms with Gasteiger partial charge in [0.1, 0.15) is 4.47 Å². The minimum Gasteiger partial charge on any atom is -0.383 e. The van der Waals surface area contributed by atoms with Crippen LogP contribution in [0.25, 0.3) is 0 Å². The predicted molar refractivity (Wildman–Crippen MR) is 75.5 cm³/mol. The Morgan fingerprint density at radius 1 is 1.61 bits per heavy atom. The van der Waals surface area contributed by atoms with Crippen LogP contribution in [-0.4, -0.2) is 46.3 Å². The van der Waals surface area contributed by atoms with Crippen LogP contribution in [-0.2, 0) is 22.1 Å². The second kappa shape index (κ2) is 7.65. The molecular formula is C10H16BrN3O3S. The second-order valence-electron chi connectivity index (χ2n) is 3.60. The van der Waals surface area contributed by atoms with Crippen LogP contribution in [0.2, 0.25) is 0 Å². The average Bonchev–Trinajstić information content (AvgIpc) is 2.33. The molecule has 0 aliphatic rings. The number of hydrogen-bond donors (Lipinski definition) is 1. The van der Waals surface area contributed by atoms with E-state index in [1.54, 1.807) is 19.6 Å². The summed E-state index contributed by atoms with van der Waals surface area (Å²) in [7, 11) is 0.712. The van der Waals surface area contributed by atoms with Crippen molar-refractivity contribution in [2.75, 3.05) is 37.6 Å². The molecule has 1 atom stereocenters. The van der Waals surface area contributed by atoms with E-state index in [1.165, 1.54) is 4.68 Å². The van der Waals surface area contributed by atoms with Gasteiger partial charge >= 0.3 is 0 Å². The van der Waals surface area contributed by atoms with Crippen LogP contribution in [0, 0.1) is 0 Å². The van der Waals surface area contributed by atoms with Gasteiger partial charge in [-0.25, -0.2) is 4.68 Å². The van der Waals surface area contributed by atoms with E-state index in [1.807, 2.05) is 0 Å². The van der Waals surface area contributed by atoms with Gasteiger partial charge in [0.05, 0.1) is 25.0 Å². The molecule has 1 N–H and O–H groups in total. The molecule has 0 spiro atoms. The van der Waals surface area contributed by atoms with Gasteiger partial charge in [0.15, 0.2) is 0 Å². The molecule has 0 aromatic carbocycles. The minimum absolute atomic E-state index is 0.213. The van der Waals surface area contributed by atoms with Gasteiger partial charge in [-0.1, -0.05) is 0 Å². The lowest BCUT2D eigenvalue weighted by molar-refractivity contribution is 0.181. The summed E-state index contributed by atoms with van der Waals surface area (Å²) in [5, 5.41) is 7.05. The van der Waals surface area contributed by atoms with Gasteiger partial charge in [0.25, 0.3) is 5.56 Å². The summed E-state index contributed by atoms with van der Waals surface area (Å²) < 4.78 is 17.6. The van der Waals surface area contributed by atoms with Crippen molar-refractivity contribution < 1.29 is 8.95 Å². The van der Waals surface area contributed by atoms with Crippen LogP contribution >= 0.6 is 15.9 Å². The number of rotatable bonds is 7. The van der Waals surface area contributed by atoms with Crippen molar-refractivity contribution in [2.45, 2.75) is 6.54 Å². The van der Waals surface area contributed by atoms with E-state index in [2.05, 4.69) is 26.3 Å². The quantitative estimate of drug-likeness (QED) is 0.781. The number of nitrogens with one attached hydrogen (secondary N) is 1. The van der Waals surface area contributed by atoms with Crippen molar-refractivity contribution >= 4 is 32.4 Å². The highest BCUT2D eigenvalue weighted by molar-refractivity contribution is 9.10. The summed E-state index contributed by atoms with van der Waals surface area (Å²) >= 11 is 3.24. The highest BCUT2D eigenvalue weighted by atomic mass is 79.9. The van der Waals surface area contributed by atoms with Gasteiger partial charge < -0.3 is 10.1 Å². The standard InChI is InChI=1S/C10H16BrN3O3S/c1-17-5-4-14-10(15)9(11)8(7-13-14)12-3-6-18(2)16/h7,12H,3-6H2,1-2H3. The van der Waals surface area contributed by atoms with E-state index in [0.29, 0.717) is 35.6 Å². The number of ether oxygens (including phenoxy) is 1. The van der Waals surface area contributed by atoms with E-state index in [9.17, 15) is 9.00 Å². The lowest BCUT2D eigenvalue weighted by Crippen LogP contribution is -2.26. The summed E-state index contributed by atoms with van der Waals surface area (Å²) in [6.07, 6.45) is 3.21. The van der Waals surface area contributed by atoms with E-state index < -0.39 is 10.8 Å². The van der Waals surface area contributed by atoms with Crippen LogP contribution in [0.15, 0.2) is 15.5 Å². The monoisotopic (exact) mass is 337 g/mol. The average molecular weight is 338 g/mol. The maximum atomic E-state index is 11.9. The molecule has 0 bridgehead atoms. The number of halogens is 1. The number of methoxy groups -OCH3 is 1. The van der Waals surface area contributed by atoms with Crippen molar-refractivity contribution in [2.24, 2.45) is 0 Å². The molecule has 0 aliphatic carbocycles. The first-order valence-electron chi connectivity index (χ1n) is 5.34. The zero-order valence-corrected chi connectivity index (χ0v) is 12.7. The van der Waals surface area contributed by atoms with E-state index >= 15 is 0 Å². The molecule has 0 saturated carbocycles. The first-order chi connectivity index (χ1) is 8.56. The molecule has 0 saturated heterocycles. The number of nitrogens with zero attached hydrogens (tertiary/aromatic N) is 2. The molecule has 102 valence electrons. The second-order valence-corrected chi connectivity index (χ2v) is 5.95. The minimum atomic E-state index is -0.858. The van der Waals surface area contributed by atoms with Crippen LogP contribution in [0.4, 0.5) is 5.69 Å². The highest BCUT2D eigenvalue weighted by Gasteiger charge is 2.08. The fraction of sp³-hybridized carbons (Fsp3) is 0.600. The zero-order chi connectivity index (χ0) is 13.5. The van der Waals surface area contributed by atoms with Gasteiger partial charge in [0, 0.05) is 36.5 Å². The first kappa shape index (κ1) is 15.3. The Morgan fingerprint density at radius 3 is 2.94 bits per heavy atom. The summed E-state index contributed by atoms with van der Waals surface area (Å²) in [6, 6.07) is 0. The van der Waals surface area contributed by atoms with Crippen molar-refractivity contribution in [3.63, 3.8) is 0 Å². The first-order valence-corrected chi connectivity index (χ1v) is 7.86. The topological polar surface area (TPSA) is 73.2 Å². The Bertz CT molecular complexity index is 478. The summed E-state index contributed by atoms with van der Waals surface area (Å²) in [6.45, 7) is 1.37. The number of aromatic nitrogens is 2. The molecule has 1 unspecified atom stereocenters. The summed E-state index contributed by atoms with van der Waals surface area (Å²) in [4.78, 5) is 11.9. The molecular weight excluding hydrogens is 322 g/mol. The van der Waals surface area contributed by atoms with Crippen molar-refractivity contribution in [1.82, 2.24) is 9.78 Å². The molecule has 18 heavy (non-hydrogen) atoms. The molecule has 8 heteroatoms. The maximum Gasteiger partial charge on any atom is 0.283 e. The molecule has 0 aliphatic heterocycles. The lowest BCUT2D eigenvalue weighted by atomic mass is 10.4. The SMILES string of the molecule is COCCn1ncc(NCCS(C)=O)c(Br)c1=O. The third-order valence-corrected chi connectivity index (χ3v) is 3.74. The Labute approximate surface area is 116 Å². The smallest absolute Gasteiger partial charge is 0.283 e. The van der Waals surface area contributed by atoms with E-state index in [-0.39, 0.29) is 5.56 Å². The Hall–Kier alpha value is -0.730. The van der Waals surface area contributed by atoms with Gasteiger partial charge in [-0.2, -0.15) is 5.10 Å². The fourth-order valence-corrected chi connectivity index (χ4v) is 2.09. The van der Waals surface area contributed by atoms with Gasteiger partial charge in [-0.05, 0) is 15.9 Å². The third kappa shape index (κ3) is 4.51. The highest BCUT2D eigenvalue weighted by Crippen LogP contribution is 2.15. The number of hydrogen-bond acceptors (Lipinski definition) is 5. The van der Waals surface area contributed by atoms with Gasteiger partial charge in [0.2, 0.25) is 0 Å². The Morgan fingerprint density at radius 2 is 2.33 bits per heavy atom. The Kier molecular flexibility index (Phi) is 6.51. The Balaban J connectivity index is 2.74. The van der Waals surface area contributed by atoms with Crippen molar-refractivity contribution in [1.29, 1.82) is 0 Å². The molecule has 1 aromatic rings. The molecule has 0 amide bonds. The number of anilines is 1.